The van der Waals surface area contributed by atoms with Gasteiger partial charge in [0.2, 0.25) is 5.91 Å². The quantitative estimate of drug-likeness (QED) is 0.0258. The lowest BCUT2D eigenvalue weighted by Crippen LogP contribution is -2.61. The molecule has 6 N–H and O–H groups in total. The van der Waals surface area contributed by atoms with Crippen LogP contribution in [0.25, 0.3) is 0 Å². The third kappa shape index (κ3) is 27.2. The van der Waals surface area contributed by atoms with Crippen molar-refractivity contribution in [3.63, 3.8) is 0 Å². The van der Waals surface area contributed by atoms with Crippen molar-refractivity contribution in [3.05, 3.63) is 23.8 Å². The molecule has 0 bridgehead atoms. The van der Waals surface area contributed by atoms with Crippen molar-refractivity contribution in [2.75, 3.05) is 19.8 Å². The van der Waals surface area contributed by atoms with E-state index in [1.54, 1.807) is 0 Å². The summed E-state index contributed by atoms with van der Waals surface area (Å²) in [6, 6.07) is -0.865. The molecule has 1 amide bonds. The lowest BCUT2D eigenvalue weighted by atomic mass is 9.99. The van der Waals surface area contributed by atoms with Gasteiger partial charge in [0.15, 0.2) is 6.29 Å². The van der Waals surface area contributed by atoms with E-state index >= 15 is 0 Å². The van der Waals surface area contributed by atoms with Crippen LogP contribution in [0.2, 0.25) is 0 Å². The van der Waals surface area contributed by atoms with Gasteiger partial charge in [0, 0.05) is 0 Å². The Morgan fingerprint density at radius 2 is 1.10 bits per heavy atom. The van der Waals surface area contributed by atoms with Crippen LogP contribution in [0.4, 0.5) is 0 Å². The third-order valence-corrected chi connectivity index (χ3v) is 15.2. The topological polar surface area (TPSA) is 158 Å². The lowest BCUT2D eigenvalue weighted by Gasteiger charge is -2.42. The molecule has 0 aromatic carbocycles. The van der Waals surface area contributed by atoms with Crippen LogP contribution in [0.15, 0.2) is 23.8 Å². The first-order valence-electron chi connectivity index (χ1n) is 28.4. The van der Waals surface area contributed by atoms with E-state index in [2.05, 4.69) is 31.3 Å². The highest BCUT2D eigenvalue weighted by molar-refractivity contribution is 5.80. The molecule has 1 heterocycles. The zero-order valence-electron chi connectivity index (χ0n) is 43.5. The summed E-state index contributed by atoms with van der Waals surface area (Å²) in [5.74, 6) is 3.21. The molecular formula is C57H105NO9. The fraction of sp³-hybridized carbons (Fsp3) is 0.912. The summed E-state index contributed by atoms with van der Waals surface area (Å²) >= 11 is 0. The maximum atomic E-state index is 13.4. The molecule has 67 heavy (non-hydrogen) atoms. The molecule has 0 radical (unpaired) electrons. The van der Waals surface area contributed by atoms with E-state index in [1.165, 1.54) is 167 Å². The van der Waals surface area contributed by atoms with E-state index in [0.29, 0.717) is 12.8 Å². The van der Waals surface area contributed by atoms with E-state index in [-0.39, 0.29) is 19.6 Å². The molecule has 0 aromatic rings. The van der Waals surface area contributed by atoms with Crippen molar-refractivity contribution in [1.82, 2.24) is 5.32 Å². The highest BCUT2D eigenvalue weighted by atomic mass is 16.7. The first kappa shape index (κ1) is 59.9. The number of ether oxygens (including phenoxy) is 3. The second kappa shape index (κ2) is 37.4. The smallest absolute Gasteiger partial charge is 0.249 e. The van der Waals surface area contributed by atoms with Crippen LogP contribution < -0.4 is 5.32 Å². The Bertz CT molecular complexity index is 1280. The number of rotatable bonds is 44. The van der Waals surface area contributed by atoms with Gasteiger partial charge >= 0.3 is 0 Å². The second-order valence-electron chi connectivity index (χ2n) is 21.5. The fourth-order valence-corrected chi connectivity index (χ4v) is 10.3. The minimum absolute atomic E-state index is 0.147. The maximum absolute atomic E-state index is 13.4. The second-order valence-corrected chi connectivity index (χ2v) is 21.5. The number of hydrogen-bond acceptors (Lipinski definition) is 9. The van der Waals surface area contributed by atoms with Crippen molar-refractivity contribution in [3.8, 4) is 0 Å². The van der Waals surface area contributed by atoms with Gasteiger partial charge in [0.25, 0.3) is 0 Å². The highest BCUT2D eigenvalue weighted by Crippen LogP contribution is 2.46. The van der Waals surface area contributed by atoms with Crippen LogP contribution >= 0.6 is 0 Å². The minimum atomic E-state index is -1.39. The van der Waals surface area contributed by atoms with Gasteiger partial charge < -0.3 is 45.1 Å². The number of carbonyl (C=O) groups is 1. The number of amides is 1. The van der Waals surface area contributed by atoms with Gasteiger partial charge in [-0.25, -0.2) is 0 Å². The van der Waals surface area contributed by atoms with E-state index in [4.69, 9.17) is 14.2 Å². The molecule has 2 saturated carbocycles. The van der Waals surface area contributed by atoms with Crippen molar-refractivity contribution >= 4 is 5.91 Å². The van der Waals surface area contributed by atoms with E-state index in [0.717, 1.165) is 54.9 Å². The van der Waals surface area contributed by atoms with Gasteiger partial charge in [-0.05, 0) is 82.5 Å². The van der Waals surface area contributed by atoms with Crippen LogP contribution in [0.5, 0.6) is 0 Å². The van der Waals surface area contributed by atoms with Crippen molar-refractivity contribution in [1.29, 1.82) is 0 Å². The van der Waals surface area contributed by atoms with Gasteiger partial charge in [0.05, 0.1) is 32.0 Å². The number of aliphatic hydroxyl groups is 5. The van der Waals surface area contributed by atoms with Crippen LogP contribution in [0, 0.1) is 23.7 Å². The Kier molecular flexibility index (Phi) is 33.5. The van der Waals surface area contributed by atoms with Gasteiger partial charge in [-0.1, -0.05) is 205 Å². The van der Waals surface area contributed by atoms with E-state index in [1.807, 2.05) is 19.9 Å². The predicted molar refractivity (Wildman–Crippen MR) is 274 cm³/mol. The molecule has 1 aliphatic heterocycles. The monoisotopic (exact) mass is 948 g/mol. The Morgan fingerprint density at radius 3 is 1.61 bits per heavy atom. The fourth-order valence-electron chi connectivity index (χ4n) is 10.3. The zero-order valence-corrected chi connectivity index (χ0v) is 43.5. The predicted octanol–water partition coefficient (Wildman–Crippen LogP) is 12.0. The van der Waals surface area contributed by atoms with Crippen molar-refractivity contribution < 1.29 is 44.5 Å². The van der Waals surface area contributed by atoms with Crippen LogP contribution in [-0.4, -0.2) is 100 Å². The number of aliphatic hydroxyl groups excluding tert-OH is 5. The van der Waals surface area contributed by atoms with Gasteiger partial charge in [0.1, 0.15) is 30.5 Å². The third-order valence-electron chi connectivity index (χ3n) is 15.2. The number of hydrogen-bond donors (Lipinski definition) is 6. The Balaban J connectivity index is 1.37. The highest BCUT2D eigenvalue weighted by Gasteiger charge is 2.46. The molecule has 10 nitrogen and oxygen atoms in total. The number of carbonyl (C=O) groups excluding carboxylic acids is 1. The number of unbranched alkanes of at least 4 members (excludes halogenated alkanes) is 20. The van der Waals surface area contributed by atoms with Crippen molar-refractivity contribution in [2.24, 2.45) is 23.7 Å². The molecule has 0 spiro atoms. The molecule has 10 heteroatoms. The Hall–Kier alpha value is -1.37. The van der Waals surface area contributed by atoms with Crippen LogP contribution in [0.1, 0.15) is 240 Å². The number of nitrogens with one attached hydrogen (secondary N) is 1. The molecule has 3 fully saturated rings. The molecule has 12 atom stereocenters. The summed E-state index contributed by atoms with van der Waals surface area (Å²) < 4.78 is 17.9. The first-order chi connectivity index (χ1) is 32.6. The zero-order chi connectivity index (χ0) is 48.5. The average molecular weight is 948 g/mol. The molecule has 0 aromatic heterocycles. The SMILES string of the molecule is CCCCCCCCCC[C@@H]1C[C@@H]1CCCC/C=C\CC[C@@H](O)C(=O)N[C@@H](CO[C@@H]1O[C@H](CO)[C@H](O)[C@H](O)[C@H]1OCC=C(C)C)[C@H](O)CCCCCCC[C@H]1C[C@H]1CCCCCCCCCC. The molecular weight excluding hydrogens is 843 g/mol. The summed E-state index contributed by atoms with van der Waals surface area (Å²) in [6.45, 7) is 7.82. The Labute approximate surface area is 410 Å². The van der Waals surface area contributed by atoms with E-state index in [9.17, 15) is 30.3 Å². The van der Waals surface area contributed by atoms with E-state index < -0.39 is 61.5 Å². The van der Waals surface area contributed by atoms with Crippen LogP contribution in [-0.2, 0) is 19.0 Å². The average Bonchev–Trinajstić information content (AvgIpc) is 4.25. The molecule has 0 unspecified atom stereocenters. The first-order valence-corrected chi connectivity index (χ1v) is 28.4. The normalized spacial score (nSPS) is 26.1. The number of allylic oxidation sites excluding steroid dienone is 3. The van der Waals surface area contributed by atoms with Crippen LogP contribution in [0.3, 0.4) is 0 Å². The summed E-state index contributed by atoms with van der Waals surface area (Å²) in [5, 5.41) is 56.6. The summed E-state index contributed by atoms with van der Waals surface area (Å²) in [5.41, 5.74) is 1.01. The summed E-state index contributed by atoms with van der Waals surface area (Å²) in [4.78, 5) is 13.4. The maximum Gasteiger partial charge on any atom is 0.249 e. The Morgan fingerprint density at radius 1 is 0.627 bits per heavy atom. The minimum Gasteiger partial charge on any atom is -0.394 e. The largest absolute Gasteiger partial charge is 0.394 e. The van der Waals surface area contributed by atoms with Gasteiger partial charge in [-0.3, -0.25) is 4.79 Å². The summed E-state index contributed by atoms with van der Waals surface area (Å²) in [6.07, 6.45) is 38.3. The van der Waals surface area contributed by atoms with Gasteiger partial charge in [-0.2, -0.15) is 0 Å². The lowest BCUT2D eigenvalue weighted by molar-refractivity contribution is -0.310. The molecule has 3 aliphatic rings. The standard InChI is InChI=1S/C57H105NO9/c1-5-7-9-11-13-15-20-26-32-45-40-47(45)34-28-22-17-18-24-31-37-51(61)56(64)58-49(43-66-57-55(65-39-38-44(3)4)54(63)53(62)52(42-59)67-57)50(60)36-30-25-19-23-29-35-48-41-46(48)33-27-21-16-14-12-10-8-6-2/h18,24,38,45-55,57,59-63H,5-17,19-23,25-37,39-43H2,1-4H3,(H,58,64)/b24-18-/t45-,46-,47+,48+,49+,50-,51-,52-,53+,54+,55-,57-/m1/s1. The van der Waals surface area contributed by atoms with Gasteiger partial charge in [-0.15, -0.1) is 0 Å². The molecule has 392 valence electrons. The van der Waals surface area contributed by atoms with Crippen molar-refractivity contribution in [2.45, 2.75) is 289 Å². The molecule has 1 saturated heterocycles. The molecule has 2 aliphatic carbocycles. The molecule has 3 rings (SSSR count). The summed E-state index contributed by atoms with van der Waals surface area (Å²) in [7, 11) is 0.